The Kier molecular flexibility index (Phi) is 17.9. The molecule has 1 aliphatic carbocycles. The van der Waals surface area contributed by atoms with Gasteiger partial charge in [0.15, 0.2) is 5.75 Å². The van der Waals surface area contributed by atoms with Crippen molar-refractivity contribution in [2.45, 2.75) is 87.6 Å². The maximum Gasteiger partial charge on any atom is 0.416 e. The van der Waals surface area contributed by atoms with E-state index in [1.165, 1.54) is 6.42 Å². The third-order valence-corrected chi connectivity index (χ3v) is 13.0. The van der Waals surface area contributed by atoms with Crippen LogP contribution >= 0.6 is 0 Å². The molecule has 78 heavy (non-hydrogen) atoms. The Labute approximate surface area is 428 Å². The predicted molar refractivity (Wildman–Crippen MR) is 237 cm³/mol. The van der Waals surface area contributed by atoms with Gasteiger partial charge >= 0.3 is 55.4 Å². The zero-order valence-corrected chi connectivity index (χ0v) is 40.2. The van der Waals surface area contributed by atoms with E-state index in [9.17, 15) is 115 Å². The SMILES string of the molecule is C[S+](C)CC(=O)c1ccc(C(=O)OC2CCCCC2)cc1.FC(F)(F)c1cc([B-](c2cc(C(F)(F)F)cc(C(F)(F)F)c2)(c2cc(C(F)(F)F)cc(C(F)(F)F)c2)c2cc(C(F)(F)F)cc(C(F)(F)F)c2)cc(C(F)(F)F)c1. The Morgan fingerprint density at radius 2 is 0.628 bits per heavy atom. The summed E-state index contributed by atoms with van der Waals surface area (Å²) in [5.41, 5.74) is -29.0. The van der Waals surface area contributed by atoms with Gasteiger partial charge in [-0.05, 0) is 73.0 Å². The van der Waals surface area contributed by atoms with Crippen molar-refractivity contribution in [1.29, 1.82) is 0 Å². The number of hydrogen-bond acceptors (Lipinski definition) is 3. The first-order chi connectivity index (χ1) is 35.3. The van der Waals surface area contributed by atoms with Crippen molar-refractivity contribution in [1.82, 2.24) is 0 Å². The minimum absolute atomic E-state index is 0.0645. The van der Waals surface area contributed by atoms with E-state index in [-0.39, 0.29) is 28.8 Å². The molecule has 0 spiro atoms. The molecule has 1 aliphatic rings. The summed E-state index contributed by atoms with van der Waals surface area (Å²) in [4.78, 5) is 24.0. The van der Waals surface area contributed by atoms with Crippen molar-refractivity contribution in [2.24, 2.45) is 0 Å². The lowest BCUT2D eigenvalue weighted by molar-refractivity contribution is -0.144. The number of halogens is 24. The molecule has 0 radical (unpaired) electrons. The van der Waals surface area contributed by atoms with E-state index in [4.69, 9.17) is 4.74 Å². The number of Topliss-reactive ketones (excluding diaryl/α,β-unsaturated/α-hetero) is 1. The Morgan fingerprint density at radius 1 is 0.397 bits per heavy atom. The molecule has 0 aromatic heterocycles. The van der Waals surface area contributed by atoms with Crippen molar-refractivity contribution in [2.75, 3.05) is 18.3 Å². The average Bonchev–Trinajstić information content (AvgIpc) is 3.29. The van der Waals surface area contributed by atoms with Crippen molar-refractivity contribution >= 4 is 50.6 Å². The van der Waals surface area contributed by atoms with Crippen LogP contribution in [0, 0.1) is 0 Å². The van der Waals surface area contributed by atoms with Crippen molar-refractivity contribution < 1.29 is 120 Å². The number of benzene rings is 5. The van der Waals surface area contributed by atoms with Gasteiger partial charge in [0, 0.05) is 5.56 Å². The second-order valence-electron chi connectivity index (χ2n) is 18.0. The topological polar surface area (TPSA) is 43.4 Å². The van der Waals surface area contributed by atoms with Gasteiger partial charge in [-0.25, -0.2) is 4.79 Å². The normalized spacial score (nSPS) is 14.8. The van der Waals surface area contributed by atoms with E-state index in [0.29, 0.717) is 16.9 Å². The molecule has 1 saturated carbocycles. The molecule has 5 aromatic rings. The molecular weight excluding hydrogens is 1140 g/mol. The Balaban J connectivity index is 0.000000443. The summed E-state index contributed by atoms with van der Waals surface area (Å²) in [5, 5.41) is 0. The number of rotatable bonds is 9. The summed E-state index contributed by atoms with van der Waals surface area (Å²) >= 11 is 0. The Hall–Kier alpha value is -6.03. The van der Waals surface area contributed by atoms with Gasteiger partial charge in [-0.1, -0.05) is 67.1 Å². The molecule has 0 unspecified atom stereocenters. The number of carbonyl (C=O) groups is 2. The number of ketones is 1. The molecule has 0 heterocycles. The lowest BCUT2D eigenvalue weighted by Crippen LogP contribution is -2.75. The quantitative estimate of drug-likeness (QED) is 0.0486. The first-order valence-corrected chi connectivity index (χ1v) is 24.3. The largest absolute Gasteiger partial charge is 0.459 e. The fourth-order valence-electron chi connectivity index (χ4n) is 8.61. The van der Waals surface area contributed by atoms with Crippen LogP contribution in [-0.2, 0) is 65.0 Å². The molecule has 0 N–H and O–H groups in total. The molecule has 29 heteroatoms. The minimum atomic E-state index is -6.13. The predicted octanol–water partition coefficient (Wildman–Crippen LogP) is 14.5. The van der Waals surface area contributed by atoms with Gasteiger partial charge in [-0.3, -0.25) is 4.79 Å². The summed E-state index contributed by atoms with van der Waals surface area (Å²) in [5.74, 6) is 0.424. The van der Waals surface area contributed by atoms with Crippen LogP contribution in [0.4, 0.5) is 105 Å². The average molecular weight is 1170 g/mol. The van der Waals surface area contributed by atoms with Gasteiger partial charge in [-0.15, -0.1) is 0 Å². The van der Waals surface area contributed by atoms with E-state index in [1.54, 1.807) is 24.3 Å². The summed E-state index contributed by atoms with van der Waals surface area (Å²) in [6, 6.07) is -1.96. The number of carbonyl (C=O) groups excluding carboxylic acids is 2. The number of hydrogen-bond donors (Lipinski definition) is 0. The highest BCUT2D eigenvalue weighted by molar-refractivity contribution is 7.96. The summed E-state index contributed by atoms with van der Waals surface area (Å²) in [6.07, 6.45) is -45.2. The lowest BCUT2D eigenvalue weighted by atomic mass is 9.12. The zero-order chi connectivity index (χ0) is 59.2. The second-order valence-corrected chi connectivity index (χ2v) is 20.3. The van der Waals surface area contributed by atoms with Crippen LogP contribution in [0.2, 0.25) is 0 Å². The maximum absolute atomic E-state index is 14.2. The standard InChI is InChI=1S/C32H12BF24.C17H23O3S/c34-25(35,36)13-1-14(26(37,38)39)6-21(5-13)33(22-7-15(27(40,41)42)2-16(8-22)28(43,44)45,23-9-17(29(46,47)48)3-18(10-23)30(49,50)51)24-11-19(31(52,53)54)4-20(12-24)32(55,56)57;1-21(2)12-16(18)13-8-10-14(11-9-13)17(19)20-15-6-4-3-5-7-15/h1-12H;8-11,15H,3-7,12H2,1-2H3/q-1;+1. The van der Waals surface area contributed by atoms with Crippen molar-refractivity contribution in [3.05, 3.63) is 153 Å². The molecule has 0 bridgehead atoms. The highest BCUT2D eigenvalue weighted by Gasteiger charge is 2.47. The monoisotopic (exact) mass is 1170 g/mol. The fraction of sp³-hybridized carbons (Fsp3) is 0.347. The smallest absolute Gasteiger partial charge is 0.416 e. The van der Waals surface area contributed by atoms with E-state index >= 15 is 0 Å². The van der Waals surface area contributed by atoms with E-state index in [1.807, 2.05) is 12.5 Å². The maximum atomic E-state index is 14.2. The third kappa shape index (κ3) is 15.2. The highest BCUT2D eigenvalue weighted by Crippen LogP contribution is 2.41. The van der Waals surface area contributed by atoms with Gasteiger partial charge in [0.1, 0.15) is 12.2 Å². The molecule has 426 valence electrons. The summed E-state index contributed by atoms with van der Waals surface area (Å²) in [7, 11) is 0.0935. The second kappa shape index (κ2) is 22.3. The molecule has 0 saturated heterocycles. The van der Waals surface area contributed by atoms with Gasteiger partial charge in [-0.2, -0.15) is 127 Å². The first-order valence-electron chi connectivity index (χ1n) is 22.1. The molecule has 0 amide bonds. The lowest BCUT2D eigenvalue weighted by Gasteiger charge is -2.46. The fourth-order valence-corrected chi connectivity index (χ4v) is 9.30. The molecular formula is C49H35BF24O3S. The van der Waals surface area contributed by atoms with Crippen LogP contribution in [0.1, 0.15) is 97.3 Å². The molecule has 0 atom stereocenters. The van der Waals surface area contributed by atoms with Crippen molar-refractivity contribution in [3.63, 3.8) is 0 Å². The van der Waals surface area contributed by atoms with Gasteiger partial charge in [0.2, 0.25) is 5.78 Å². The van der Waals surface area contributed by atoms with Crippen LogP contribution in [0.3, 0.4) is 0 Å². The molecule has 6 rings (SSSR count). The number of ether oxygens (including phenoxy) is 1. The van der Waals surface area contributed by atoms with Gasteiger partial charge < -0.3 is 4.74 Å². The first kappa shape index (κ1) is 62.8. The van der Waals surface area contributed by atoms with E-state index in [0.717, 1.165) is 25.7 Å². The van der Waals surface area contributed by atoms with Crippen LogP contribution < -0.4 is 21.9 Å². The molecule has 5 aromatic carbocycles. The Bertz CT molecular complexity index is 2520. The molecule has 3 nitrogen and oxygen atoms in total. The van der Waals surface area contributed by atoms with Crippen LogP contribution in [-0.4, -0.2) is 42.3 Å². The van der Waals surface area contributed by atoms with Crippen LogP contribution in [0.5, 0.6) is 0 Å². The van der Waals surface area contributed by atoms with Gasteiger partial charge in [0.25, 0.3) is 0 Å². The van der Waals surface area contributed by atoms with Crippen LogP contribution in [0.15, 0.2) is 97.1 Å². The Morgan fingerprint density at radius 3 is 0.846 bits per heavy atom. The van der Waals surface area contributed by atoms with Gasteiger partial charge in [0.05, 0.1) is 62.6 Å². The van der Waals surface area contributed by atoms with Crippen LogP contribution in [0.25, 0.3) is 0 Å². The molecule has 1 fully saturated rings. The molecule has 0 aliphatic heterocycles. The number of esters is 1. The number of alkyl halides is 24. The summed E-state index contributed by atoms with van der Waals surface area (Å²) in [6.45, 7) is 0. The zero-order valence-electron chi connectivity index (χ0n) is 39.3. The minimum Gasteiger partial charge on any atom is -0.459 e. The third-order valence-electron chi connectivity index (χ3n) is 12.1. The van der Waals surface area contributed by atoms with E-state index < -0.39 is 195 Å². The summed E-state index contributed by atoms with van der Waals surface area (Å²) < 4.78 is 346. The van der Waals surface area contributed by atoms with Crippen molar-refractivity contribution in [3.8, 4) is 0 Å². The highest BCUT2D eigenvalue weighted by atomic mass is 32.2. The van der Waals surface area contributed by atoms with E-state index in [2.05, 4.69) is 0 Å².